The molecule has 1 aromatic rings. The van der Waals surface area contributed by atoms with Crippen molar-refractivity contribution in [1.29, 1.82) is 0 Å². The van der Waals surface area contributed by atoms with E-state index in [1.165, 1.54) is 24.8 Å². The van der Waals surface area contributed by atoms with Crippen LogP contribution in [0.25, 0.3) is 0 Å². The number of piperidine rings is 1. The Morgan fingerprint density at radius 1 is 1.22 bits per heavy atom. The van der Waals surface area contributed by atoms with Crippen LogP contribution >= 0.6 is 0 Å². The summed E-state index contributed by atoms with van der Waals surface area (Å²) in [5, 5.41) is 6.35. The topological polar surface area (TPSA) is 61.4 Å². The molecule has 5 nitrogen and oxygen atoms in total. The molecule has 3 amide bonds. The van der Waals surface area contributed by atoms with Gasteiger partial charge in [0.2, 0.25) is 5.91 Å². The summed E-state index contributed by atoms with van der Waals surface area (Å²) >= 11 is 0. The molecular weight excluding hydrogens is 338 g/mol. The Bertz CT molecular complexity index is 721. The van der Waals surface area contributed by atoms with Crippen LogP contribution in [-0.4, -0.2) is 35.5 Å². The molecule has 3 fully saturated rings. The van der Waals surface area contributed by atoms with Crippen LogP contribution in [0.15, 0.2) is 30.3 Å². The first-order valence-electron chi connectivity index (χ1n) is 10.2. The van der Waals surface area contributed by atoms with Crippen molar-refractivity contribution in [3.63, 3.8) is 0 Å². The van der Waals surface area contributed by atoms with E-state index in [-0.39, 0.29) is 40.9 Å². The Kier molecular flexibility index (Phi) is 4.44. The fourth-order valence-corrected chi connectivity index (χ4v) is 5.17. The van der Waals surface area contributed by atoms with E-state index in [0.29, 0.717) is 12.8 Å². The van der Waals surface area contributed by atoms with E-state index in [0.717, 1.165) is 6.54 Å². The second-order valence-electron chi connectivity index (χ2n) is 9.66. The van der Waals surface area contributed by atoms with Crippen LogP contribution in [0.2, 0.25) is 0 Å². The highest BCUT2D eigenvalue weighted by molar-refractivity contribution is 5.79. The summed E-state index contributed by atoms with van der Waals surface area (Å²) in [6.07, 6.45) is 4.86. The Morgan fingerprint density at radius 2 is 1.93 bits per heavy atom. The number of urea groups is 1. The minimum Gasteiger partial charge on any atom is -0.351 e. The standard InChI is InChI=1S/C22H31N3O2/c1-21(2,3)18-16(10-11-17(26)24-18)23-20(27)25-14-22(12-7-13-22)19(25)15-8-5-4-6-9-15/h4-6,8-9,16,18-19H,7,10-14H2,1-3H3,(H,23,27)(H,24,26)/t16-,18-,19?/m1/s1. The zero-order valence-electron chi connectivity index (χ0n) is 16.6. The van der Waals surface area contributed by atoms with Gasteiger partial charge >= 0.3 is 6.03 Å². The number of carbonyl (C=O) groups is 2. The van der Waals surface area contributed by atoms with Gasteiger partial charge in [0.15, 0.2) is 0 Å². The van der Waals surface area contributed by atoms with E-state index in [4.69, 9.17) is 0 Å². The van der Waals surface area contributed by atoms with Crippen molar-refractivity contribution in [1.82, 2.24) is 15.5 Å². The van der Waals surface area contributed by atoms with Gasteiger partial charge in [0, 0.05) is 18.4 Å². The number of nitrogens with zero attached hydrogens (tertiary/aromatic N) is 1. The van der Waals surface area contributed by atoms with Crippen LogP contribution in [0, 0.1) is 10.8 Å². The highest BCUT2D eigenvalue weighted by Gasteiger charge is 2.58. The minimum absolute atomic E-state index is 0.0109. The van der Waals surface area contributed by atoms with Crippen molar-refractivity contribution in [3.8, 4) is 0 Å². The van der Waals surface area contributed by atoms with Crippen LogP contribution in [0.3, 0.4) is 0 Å². The molecule has 2 aliphatic heterocycles. The van der Waals surface area contributed by atoms with E-state index < -0.39 is 0 Å². The van der Waals surface area contributed by atoms with Crippen LogP contribution in [0.4, 0.5) is 4.79 Å². The molecule has 1 spiro atoms. The van der Waals surface area contributed by atoms with Crippen molar-refractivity contribution in [2.75, 3.05) is 6.54 Å². The number of rotatable bonds is 2. The SMILES string of the molecule is CC(C)(C)[C@@H]1NC(=O)CC[C@H]1NC(=O)N1CC2(CCC2)C1c1ccccc1. The number of carbonyl (C=O) groups excluding carboxylic acids is 2. The quantitative estimate of drug-likeness (QED) is 0.836. The fraction of sp³-hybridized carbons (Fsp3) is 0.636. The van der Waals surface area contributed by atoms with Crippen LogP contribution < -0.4 is 10.6 Å². The Hall–Kier alpha value is -2.04. The van der Waals surface area contributed by atoms with Gasteiger partial charge in [0.1, 0.15) is 0 Å². The number of nitrogens with one attached hydrogen (secondary N) is 2. The molecule has 2 heterocycles. The average molecular weight is 370 g/mol. The van der Waals surface area contributed by atoms with Crippen molar-refractivity contribution < 1.29 is 9.59 Å². The molecular formula is C22H31N3O2. The average Bonchev–Trinajstić information content (AvgIpc) is 2.54. The largest absolute Gasteiger partial charge is 0.351 e. The highest BCUT2D eigenvalue weighted by atomic mass is 16.2. The maximum absolute atomic E-state index is 13.2. The number of benzene rings is 1. The molecule has 0 radical (unpaired) electrons. The Morgan fingerprint density at radius 3 is 2.52 bits per heavy atom. The van der Waals surface area contributed by atoms with Gasteiger partial charge in [0.05, 0.1) is 18.1 Å². The zero-order valence-corrected chi connectivity index (χ0v) is 16.6. The molecule has 0 bridgehead atoms. The maximum Gasteiger partial charge on any atom is 0.318 e. The predicted molar refractivity (Wildman–Crippen MR) is 105 cm³/mol. The van der Waals surface area contributed by atoms with E-state index in [9.17, 15) is 9.59 Å². The molecule has 1 aliphatic carbocycles. The third-order valence-corrected chi connectivity index (χ3v) is 6.75. The van der Waals surface area contributed by atoms with Crippen molar-refractivity contribution in [2.45, 2.75) is 71.0 Å². The first-order valence-corrected chi connectivity index (χ1v) is 10.2. The van der Waals surface area contributed by atoms with Gasteiger partial charge in [0.25, 0.3) is 0 Å². The fourth-order valence-electron chi connectivity index (χ4n) is 5.17. The smallest absolute Gasteiger partial charge is 0.318 e. The molecule has 2 saturated heterocycles. The monoisotopic (exact) mass is 369 g/mol. The molecule has 0 aromatic heterocycles. The van der Waals surface area contributed by atoms with Gasteiger partial charge < -0.3 is 15.5 Å². The maximum atomic E-state index is 13.2. The van der Waals surface area contributed by atoms with Crippen molar-refractivity contribution in [2.24, 2.45) is 10.8 Å². The lowest BCUT2D eigenvalue weighted by Crippen LogP contribution is -2.68. The summed E-state index contributed by atoms with van der Waals surface area (Å²) in [5.74, 6) is 0.0833. The molecule has 3 atom stereocenters. The van der Waals surface area contributed by atoms with Crippen molar-refractivity contribution in [3.05, 3.63) is 35.9 Å². The summed E-state index contributed by atoms with van der Waals surface area (Å²) in [4.78, 5) is 27.1. The molecule has 146 valence electrons. The first kappa shape index (κ1) is 18.3. The number of likely N-dealkylation sites (tertiary alicyclic amines) is 1. The van der Waals surface area contributed by atoms with E-state index >= 15 is 0 Å². The first-order chi connectivity index (χ1) is 12.8. The van der Waals surface area contributed by atoms with Crippen molar-refractivity contribution >= 4 is 11.9 Å². The van der Waals surface area contributed by atoms with E-state index in [1.54, 1.807) is 0 Å². The third-order valence-electron chi connectivity index (χ3n) is 6.75. The predicted octanol–water partition coefficient (Wildman–Crippen LogP) is 3.62. The molecule has 2 N–H and O–H groups in total. The van der Waals surface area contributed by atoms with Crippen LogP contribution in [0.5, 0.6) is 0 Å². The van der Waals surface area contributed by atoms with Gasteiger partial charge in [-0.15, -0.1) is 0 Å². The minimum atomic E-state index is -0.100. The zero-order chi connectivity index (χ0) is 19.2. The lowest BCUT2D eigenvalue weighted by atomic mass is 9.56. The van der Waals surface area contributed by atoms with Gasteiger partial charge in [-0.05, 0) is 30.2 Å². The Labute approximate surface area is 161 Å². The lowest BCUT2D eigenvalue weighted by Gasteiger charge is -2.62. The summed E-state index contributed by atoms with van der Waals surface area (Å²) in [6.45, 7) is 7.18. The molecule has 4 rings (SSSR count). The normalized spacial score (nSPS) is 29.5. The molecule has 27 heavy (non-hydrogen) atoms. The van der Waals surface area contributed by atoms with Crippen LogP contribution in [-0.2, 0) is 4.79 Å². The summed E-state index contributed by atoms with van der Waals surface area (Å²) in [5.41, 5.74) is 1.42. The highest BCUT2D eigenvalue weighted by Crippen LogP contribution is 2.60. The number of hydrogen-bond acceptors (Lipinski definition) is 2. The second kappa shape index (κ2) is 6.54. The number of amides is 3. The lowest BCUT2D eigenvalue weighted by molar-refractivity contribution is -0.125. The Balaban J connectivity index is 1.50. The summed E-state index contributed by atoms with van der Waals surface area (Å²) < 4.78 is 0. The van der Waals surface area contributed by atoms with Gasteiger partial charge in [-0.3, -0.25) is 4.79 Å². The number of hydrogen-bond donors (Lipinski definition) is 2. The molecule has 3 aliphatic rings. The molecule has 5 heteroatoms. The molecule has 1 unspecified atom stereocenters. The van der Waals surface area contributed by atoms with Crippen LogP contribution in [0.1, 0.15) is 64.5 Å². The summed E-state index contributed by atoms with van der Waals surface area (Å²) in [7, 11) is 0. The molecule has 1 saturated carbocycles. The van der Waals surface area contributed by atoms with Gasteiger partial charge in [-0.25, -0.2) is 4.79 Å². The van der Waals surface area contributed by atoms with Gasteiger partial charge in [-0.1, -0.05) is 57.5 Å². The van der Waals surface area contributed by atoms with E-state index in [1.807, 2.05) is 11.0 Å². The third kappa shape index (κ3) is 3.21. The van der Waals surface area contributed by atoms with Gasteiger partial charge in [-0.2, -0.15) is 0 Å². The summed E-state index contributed by atoms with van der Waals surface area (Å²) in [6, 6.07) is 10.5. The van der Waals surface area contributed by atoms with E-state index in [2.05, 4.69) is 55.7 Å². The second-order valence-corrected chi connectivity index (χ2v) is 9.66. The molecule has 1 aromatic carbocycles.